The molecule has 2 rings (SSSR count). The predicted octanol–water partition coefficient (Wildman–Crippen LogP) is 1.62. The fourth-order valence-electron chi connectivity index (χ4n) is 1.37. The maximum Gasteiger partial charge on any atom is 0.356 e. The average Bonchev–Trinajstić information content (AvgIpc) is 2.78. The first kappa shape index (κ1) is 11.7. The number of nitro benzene ring substituents is 1. The number of hydrogen-bond donors (Lipinski definition) is 1. The molecule has 0 amide bonds. The van der Waals surface area contributed by atoms with Crippen LogP contribution >= 0.6 is 0 Å². The highest BCUT2D eigenvalue weighted by Gasteiger charge is 2.14. The minimum Gasteiger partial charge on any atom is -0.476 e. The van der Waals surface area contributed by atoms with E-state index in [0.717, 1.165) is 22.9 Å². The summed E-state index contributed by atoms with van der Waals surface area (Å²) in [5, 5.41) is 22.7. The highest BCUT2D eigenvalue weighted by molar-refractivity contribution is 5.85. The molecule has 0 unspecified atom stereocenters. The van der Waals surface area contributed by atoms with Gasteiger partial charge in [0.2, 0.25) is 0 Å². The Labute approximate surface area is 99.2 Å². The van der Waals surface area contributed by atoms with Crippen molar-refractivity contribution in [1.82, 2.24) is 9.78 Å². The maximum atomic E-state index is 13.6. The van der Waals surface area contributed by atoms with Crippen molar-refractivity contribution in [3.05, 3.63) is 52.1 Å². The van der Waals surface area contributed by atoms with Gasteiger partial charge in [-0.3, -0.25) is 10.1 Å². The number of carboxylic acids is 1. The topological polar surface area (TPSA) is 98.3 Å². The molecule has 0 aliphatic carbocycles. The summed E-state index contributed by atoms with van der Waals surface area (Å²) in [4.78, 5) is 20.3. The fourth-order valence-corrected chi connectivity index (χ4v) is 1.37. The van der Waals surface area contributed by atoms with E-state index in [1.807, 2.05) is 0 Å². The van der Waals surface area contributed by atoms with Gasteiger partial charge in [0.05, 0.1) is 11.0 Å². The summed E-state index contributed by atoms with van der Waals surface area (Å²) in [6.45, 7) is 0. The van der Waals surface area contributed by atoms with Gasteiger partial charge in [0.1, 0.15) is 5.69 Å². The fraction of sp³-hybridized carbons (Fsp3) is 0. The number of rotatable bonds is 3. The molecule has 7 nitrogen and oxygen atoms in total. The SMILES string of the molecule is O=C(O)c1ccn(-c2ccc([N+](=O)[O-])cc2F)n1. The number of carboxylic acid groups (broad SMARTS) is 1. The maximum absolute atomic E-state index is 13.6. The smallest absolute Gasteiger partial charge is 0.356 e. The summed E-state index contributed by atoms with van der Waals surface area (Å²) in [6.07, 6.45) is 1.26. The monoisotopic (exact) mass is 251 g/mol. The summed E-state index contributed by atoms with van der Waals surface area (Å²) >= 11 is 0. The van der Waals surface area contributed by atoms with Crippen LogP contribution in [0.2, 0.25) is 0 Å². The zero-order valence-electron chi connectivity index (χ0n) is 8.78. The van der Waals surface area contributed by atoms with Crippen LogP contribution in [0.4, 0.5) is 10.1 Å². The van der Waals surface area contributed by atoms with Crippen molar-refractivity contribution < 1.29 is 19.2 Å². The number of benzene rings is 1. The standard InChI is InChI=1S/C10H6FN3O4/c11-7-5-6(14(17)18)1-2-9(7)13-4-3-8(12-13)10(15)16/h1-5H,(H,15,16). The zero-order chi connectivity index (χ0) is 13.3. The molecule has 8 heteroatoms. The van der Waals surface area contributed by atoms with E-state index >= 15 is 0 Å². The molecule has 1 heterocycles. The summed E-state index contributed by atoms with van der Waals surface area (Å²) < 4.78 is 14.6. The minimum absolute atomic E-state index is 0.0619. The molecule has 2 aromatic rings. The Bertz CT molecular complexity index is 638. The first-order valence-corrected chi connectivity index (χ1v) is 4.72. The minimum atomic E-state index is -1.24. The van der Waals surface area contributed by atoms with Gasteiger partial charge in [-0.15, -0.1) is 0 Å². The molecule has 0 saturated carbocycles. The van der Waals surface area contributed by atoms with Gasteiger partial charge in [0.15, 0.2) is 11.5 Å². The predicted molar refractivity (Wildman–Crippen MR) is 57.1 cm³/mol. The quantitative estimate of drug-likeness (QED) is 0.660. The van der Waals surface area contributed by atoms with Crippen LogP contribution in [0.1, 0.15) is 10.5 Å². The molecule has 18 heavy (non-hydrogen) atoms. The Morgan fingerprint density at radius 2 is 2.17 bits per heavy atom. The molecule has 1 N–H and O–H groups in total. The lowest BCUT2D eigenvalue weighted by Gasteiger charge is -2.02. The van der Waals surface area contributed by atoms with Crippen LogP contribution in [0, 0.1) is 15.9 Å². The third kappa shape index (κ3) is 2.03. The van der Waals surface area contributed by atoms with E-state index < -0.39 is 16.7 Å². The van der Waals surface area contributed by atoms with E-state index in [1.54, 1.807) is 0 Å². The van der Waals surface area contributed by atoms with Crippen LogP contribution in [0.25, 0.3) is 5.69 Å². The molecular weight excluding hydrogens is 245 g/mol. The van der Waals surface area contributed by atoms with Gasteiger partial charge < -0.3 is 5.11 Å². The van der Waals surface area contributed by atoms with Gasteiger partial charge in [0, 0.05) is 12.3 Å². The van der Waals surface area contributed by atoms with Crippen molar-refractivity contribution in [1.29, 1.82) is 0 Å². The Balaban J connectivity index is 2.44. The zero-order valence-corrected chi connectivity index (χ0v) is 8.78. The third-order valence-corrected chi connectivity index (χ3v) is 2.20. The Morgan fingerprint density at radius 1 is 1.44 bits per heavy atom. The number of aromatic carboxylic acids is 1. The van der Waals surface area contributed by atoms with Crippen LogP contribution in [0.5, 0.6) is 0 Å². The van der Waals surface area contributed by atoms with Gasteiger partial charge in [0.25, 0.3) is 5.69 Å². The van der Waals surface area contributed by atoms with Crippen LogP contribution in [-0.4, -0.2) is 25.8 Å². The Morgan fingerprint density at radius 3 is 2.67 bits per heavy atom. The van der Waals surface area contributed by atoms with Crippen molar-refractivity contribution >= 4 is 11.7 Å². The van der Waals surface area contributed by atoms with Gasteiger partial charge in [-0.25, -0.2) is 13.9 Å². The van der Waals surface area contributed by atoms with Gasteiger partial charge in [-0.1, -0.05) is 0 Å². The summed E-state index contributed by atoms with van der Waals surface area (Å²) in [5.74, 6) is -2.10. The van der Waals surface area contributed by atoms with Crippen molar-refractivity contribution in [2.75, 3.05) is 0 Å². The van der Waals surface area contributed by atoms with Crippen molar-refractivity contribution in [2.24, 2.45) is 0 Å². The highest BCUT2D eigenvalue weighted by atomic mass is 19.1. The first-order valence-electron chi connectivity index (χ1n) is 4.72. The molecule has 1 aromatic heterocycles. The number of aromatic nitrogens is 2. The lowest BCUT2D eigenvalue weighted by Crippen LogP contribution is -2.03. The second-order valence-corrected chi connectivity index (χ2v) is 3.34. The van der Waals surface area contributed by atoms with Crippen LogP contribution < -0.4 is 0 Å². The number of non-ortho nitro benzene ring substituents is 1. The van der Waals surface area contributed by atoms with E-state index in [9.17, 15) is 19.3 Å². The van der Waals surface area contributed by atoms with E-state index in [0.29, 0.717) is 0 Å². The molecule has 0 aliphatic rings. The van der Waals surface area contributed by atoms with Crippen LogP contribution in [-0.2, 0) is 0 Å². The second-order valence-electron chi connectivity index (χ2n) is 3.34. The Kier molecular flexibility index (Phi) is 2.76. The molecular formula is C10H6FN3O4. The van der Waals surface area contributed by atoms with E-state index in [4.69, 9.17) is 5.11 Å². The van der Waals surface area contributed by atoms with E-state index in [1.165, 1.54) is 12.3 Å². The van der Waals surface area contributed by atoms with Crippen molar-refractivity contribution in [2.45, 2.75) is 0 Å². The number of nitrogens with zero attached hydrogens (tertiary/aromatic N) is 3. The van der Waals surface area contributed by atoms with Crippen molar-refractivity contribution in [3.8, 4) is 5.69 Å². The first-order chi connectivity index (χ1) is 8.49. The molecule has 0 radical (unpaired) electrons. The number of halogens is 1. The number of hydrogen-bond acceptors (Lipinski definition) is 4. The van der Waals surface area contributed by atoms with Gasteiger partial charge in [-0.05, 0) is 12.1 Å². The molecule has 0 saturated heterocycles. The van der Waals surface area contributed by atoms with Gasteiger partial charge in [-0.2, -0.15) is 5.10 Å². The normalized spacial score (nSPS) is 10.3. The second kappa shape index (κ2) is 4.24. The highest BCUT2D eigenvalue weighted by Crippen LogP contribution is 2.19. The van der Waals surface area contributed by atoms with Crippen LogP contribution in [0.15, 0.2) is 30.5 Å². The third-order valence-electron chi connectivity index (χ3n) is 2.20. The Hall–Kier alpha value is -2.77. The molecule has 0 bridgehead atoms. The molecule has 1 aromatic carbocycles. The van der Waals surface area contributed by atoms with Crippen LogP contribution in [0.3, 0.4) is 0 Å². The number of carbonyl (C=O) groups is 1. The molecule has 0 aliphatic heterocycles. The van der Waals surface area contributed by atoms with Gasteiger partial charge >= 0.3 is 5.97 Å². The summed E-state index contributed by atoms with van der Waals surface area (Å²) in [5.41, 5.74) is -0.692. The average molecular weight is 251 g/mol. The lowest BCUT2D eigenvalue weighted by molar-refractivity contribution is -0.385. The van der Waals surface area contributed by atoms with E-state index in [2.05, 4.69) is 5.10 Å². The molecule has 92 valence electrons. The van der Waals surface area contributed by atoms with Crippen molar-refractivity contribution in [3.63, 3.8) is 0 Å². The largest absolute Gasteiger partial charge is 0.476 e. The molecule has 0 fully saturated rings. The molecule has 0 atom stereocenters. The summed E-state index contributed by atoms with van der Waals surface area (Å²) in [6, 6.07) is 4.22. The van der Waals surface area contributed by atoms with E-state index in [-0.39, 0.29) is 17.1 Å². The summed E-state index contributed by atoms with van der Waals surface area (Å²) in [7, 11) is 0. The molecule has 0 spiro atoms. The number of nitro groups is 1. The lowest BCUT2D eigenvalue weighted by atomic mass is 10.2.